The van der Waals surface area contributed by atoms with Gasteiger partial charge in [-0.25, -0.2) is 9.50 Å². The molecular formula is C13H10ClN3. The Hall–Kier alpha value is -1.87. The van der Waals surface area contributed by atoms with Gasteiger partial charge in [0, 0.05) is 11.8 Å². The first-order valence-electron chi connectivity index (χ1n) is 5.32. The van der Waals surface area contributed by atoms with Gasteiger partial charge in [-0.2, -0.15) is 0 Å². The van der Waals surface area contributed by atoms with E-state index in [0.29, 0.717) is 16.5 Å². The van der Waals surface area contributed by atoms with Crippen molar-refractivity contribution in [3.63, 3.8) is 0 Å². The number of fused-ring (bicyclic) bond motifs is 1. The SMILES string of the molecule is Cc1ccc(-c2nc3c(Cl)cccn3n2)cc1. The van der Waals surface area contributed by atoms with Crippen LogP contribution in [0.4, 0.5) is 0 Å². The van der Waals surface area contributed by atoms with Gasteiger partial charge in [0.2, 0.25) is 0 Å². The van der Waals surface area contributed by atoms with Gasteiger partial charge >= 0.3 is 0 Å². The van der Waals surface area contributed by atoms with E-state index < -0.39 is 0 Å². The number of rotatable bonds is 1. The van der Waals surface area contributed by atoms with Crippen LogP contribution < -0.4 is 0 Å². The largest absolute Gasteiger partial charge is 0.219 e. The molecule has 0 amide bonds. The normalized spacial score (nSPS) is 10.9. The minimum atomic E-state index is 0.610. The fraction of sp³-hybridized carbons (Fsp3) is 0.0769. The summed E-state index contributed by atoms with van der Waals surface area (Å²) < 4.78 is 1.69. The summed E-state index contributed by atoms with van der Waals surface area (Å²) in [4.78, 5) is 4.43. The topological polar surface area (TPSA) is 30.2 Å². The number of hydrogen-bond donors (Lipinski definition) is 0. The van der Waals surface area contributed by atoms with Gasteiger partial charge in [0.25, 0.3) is 0 Å². The number of benzene rings is 1. The zero-order valence-electron chi connectivity index (χ0n) is 9.26. The molecule has 2 aromatic heterocycles. The quantitative estimate of drug-likeness (QED) is 0.656. The van der Waals surface area contributed by atoms with Crippen LogP contribution in [0.2, 0.25) is 5.02 Å². The maximum Gasteiger partial charge on any atom is 0.182 e. The molecule has 1 aromatic carbocycles. The molecule has 0 aliphatic heterocycles. The molecule has 3 nitrogen and oxygen atoms in total. The summed E-state index contributed by atoms with van der Waals surface area (Å²) in [7, 11) is 0. The predicted octanol–water partition coefficient (Wildman–Crippen LogP) is 3.36. The van der Waals surface area contributed by atoms with Crippen molar-refractivity contribution in [1.29, 1.82) is 0 Å². The lowest BCUT2D eigenvalue weighted by molar-refractivity contribution is 0.966. The van der Waals surface area contributed by atoms with Crippen molar-refractivity contribution in [2.75, 3.05) is 0 Å². The minimum Gasteiger partial charge on any atom is -0.219 e. The highest BCUT2D eigenvalue weighted by Gasteiger charge is 2.07. The lowest BCUT2D eigenvalue weighted by Crippen LogP contribution is -1.86. The van der Waals surface area contributed by atoms with Gasteiger partial charge in [0.05, 0.1) is 5.02 Å². The fourth-order valence-electron chi connectivity index (χ4n) is 1.70. The summed E-state index contributed by atoms with van der Waals surface area (Å²) in [6.45, 7) is 2.05. The Morgan fingerprint density at radius 1 is 1.12 bits per heavy atom. The fourth-order valence-corrected chi connectivity index (χ4v) is 1.90. The Morgan fingerprint density at radius 2 is 1.88 bits per heavy atom. The van der Waals surface area contributed by atoms with Crippen LogP contribution in [0.5, 0.6) is 0 Å². The van der Waals surface area contributed by atoms with Crippen LogP contribution in [0.1, 0.15) is 5.56 Å². The van der Waals surface area contributed by atoms with E-state index in [0.717, 1.165) is 5.56 Å². The molecule has 0 radical (unpaired) electrons. The van der Waals surface area contributed by atoms with Gasteiger partial charge in [-0.05, 0) is 19.1 Å². The van der Waals surface area contributed by atoms with Crippen molar-refractivity contribution in [2.45, 2.75) is 6.92 Å². The van der Waals surface area contributed by atoms with E-state index in [1.807, 2.05) is 42.6 Å². The van der Waals surface area contributed by atoms with E-state index in [-0.39, 0.29) is 0 Å². The third kappa shape index (κ3) is 1.78. The van der Waals surface area contributed by atoms with E-state index >= 15 is 0 Å². The molecule has 0 fully saturated rings. The Kier molecular flexibility index (Phi) is 2.34. The molecule has 84 valence electrons. The predicted molar refractivity (Wildman–Crippen MR) is 68.2 cm³/mol. The van der Waals surface area contributed by atoms with Crippen molar-refractivity contribution in [3.8, 4) is 11.4 Å². The van der Waals surface area contributed by atoms with E-state index in [9.17, 15) is 0 Å². The number of aromatic nitrogens is 3. The van der Waals surface area contributed by atoms with E-state index in [1.54, 1.807) is 4.52 Å². The van der Waals surface area contributed by atoms with Crippen LogP contribution in [0.3, 0.4) is 0 Å². The second kappa shape index (κ2) is 3.86. The third-order valence-electron chi connectivity index (χ3n) is 2.62. The lowest BCUT2D eigenvalue weighted by Gasteiger charge is -1.94. The van der Waals surface area contributed by atoms with Crippen LogP contribution in [-0.2, 0) is 0 Å². The first-order valence-corrected chi connectivity index (χ1v) is 5.70. The van der Waals surface area contributed by atoms with Crippen LogP contribution in [-0.4, -0.2) is 14.6 Å². The van der Waals surface area contributed by atoms with Gasteiger partial charge in [-0.3, -0.25) is 0 Å². The summed E-state index contributed by atoms with van der Waals surface area (Å²) in [6.07, 6.45) is 1.84. The van der Waals surface area contributed by atoms with Gasteiger partial charge < -0.3 is 0 Å². The Labute approximate surface area is 104 Å². The van der Waals surface area contributed by atoms with Gasteiger partial charge in [0.1, 0.15) is 0 Å². The van der Waals surface area contributed by atoms with Gasteiger partial charge in [0.15, 0.2) is 11.5 Å². The summed E-state index contributed by atoms with van der Waals surface area (Å²) in [5, 5.41) is 5.00. The number of halogens is 1. The summed E-state index contributed by atoms with van der Waals surface area (Å²) in [5.74, 6) is 0.693. The summed E-state index contributed by atoms with van der Waals surface area (Å²) in [5.41, 5.74) is 2.90. The van der Waals surface area contributed by atoms with E-state index in [1.165, 1.54) is 5.56 Å². The van der Waals surface area contributed by atoms with Crippen LogP contribution >= 0.6 is 11.6 Å². The van der Waals surface area contributed by atoms with Crippen LogP contribution in [0.15, 0.2) is 42.6 Å². The molecule has 4 heteroatoms. The second-order valence-electron chi connectivity index (χ2n) is 3.93. The highest BCUT2D eigenvalue weighted by molar-refractivity contribution is 6.33. The second-order valence-corrected chi connectivity index (χ2v) is 4.33. The monoisotopic (exact) mass is 243 g/mol. The Bertz CT molecular complexity index is 671. The minimum absolute atomic E-state index is 0.610. The number of pyridine rings is 1. The highest BCUT2D eigenvalue weighted by atomic mass is 35.5. The lowest BCUT2D eigenvalue weighted by atomic mass is 10.1. The van der Waals surface area contributed by atoms with E-state index in [2.05, 4.69) is 17.0 Å². The number of aryl methyl sites for hydroxylation is 1. The van der Waals surface area contributed by atoms with Crippen LogP contribution in [0, 0.1) is 6.92 Å². The first kappa shape index (κ1) is 10.3. The van der Waals surface area contributed by atoms with Gasteiger partial charge in [-0.15, -0.1) is 5.10 Å². The van der Waals surface area contributed by atoms with Crippen LogP contribution in [0.25, 0.3) is 17.0 Å². The molecule has 0 aliphatic rings. The van der Waals surface area contributed by atoms with Crippen molar-refractivity contribution in [1.82, 2.24) is 14.6 Å². The molecule has 0 atom stereocenters. The first-order chi connectivity index (χ1) is 8.24. The maximum atomic E-state index is 6.06. The number of nitrogens with zero attached hydrogens (tertiary/aromatic N) is 3. The van der Waals surface area contributed by atoms with E-state index in [4.69, 9.17) is 11.6 Å². The molecule has 3 rings (SSSR count). The standard InChI is InChI=1S/C13H10ClN3/c1-9-4-6-10(7-5-9)12-15-13-11(14)3-2-8-17(13)16-12/h2-8H,1H3. The zero-order chi connectivity index (χ0) is 11.8. The zero-order valence-corrected chi connectivity index (χ0v) is 10.0. The molecule has 0 unspecified atom stereocenters. The smallest absolute Gasteiger partial charge is 0.182 e. The molecule has 0 spiro atoms. The molecule has 0 saturated carbocycles. The third-order valence-corrected chi connectivity index (χ3v) is 2.92. The van der Waals surface area contributed by atoms with Crippen molar-refractivity contribution in [2.24, 2.45) is 0 Å². The van der Waals surface area contributed by atoms with Gasteiger partial charge in [-0.1, -0.05) is 41.4 Å². The Balaban J connectivity index is 2.18. The molecule has 0 bridgehead atoms. The van der Waals surface area contributed by atoms with Crippen molar-refractivity contribution >= 4 is 17.2 Å². The molecule has 2 heterocycles. The molecule has 0 saturated heterocycles. The maximum absolute atomic E-state index is 6.06. The molecule has 17 heavy (non-hydrogen) atoms. The summed E-state index contributed by atoms with van der Waals surface area (Å²) >= 11 is 6.06. The molecule has 0 N–H and O–H groups in total. The summed E-state index contributed by atoms with van der Waals surface area (Å²) in [6, 6.07) is 11.8. The molecular weight excluding hydrogens is 234 g/mol. The average molecular weight is 244 g/mol. The highest BCUT2D eigenvalue weighted by Crippen LogP contribution is 2.20. The van der Waals surface area contributed by atoms with Crippen molar-refractivity contribution < 1.29 is 0 Å². The molecule has 3 aromatic rings. The molecule has 0 aliphatic carbocycles. The Morgan fingerprint density at radius 3 is 2.59 bits per heavy atom. The van der Waals surface area contributed by atoms with Crippen molar-refractivity contribution in [3.05, 3.63) is 53.2 Å². The average Bonchev–Trinajstić information content (AvgIpc) is 2.75. The number of hydrogen-bond acceptors (Lipinski definition) is 2.